The number of aliphatic carboxylic acids is 1. The maximum atomic E-state index is 11.8. The summed E-state index contributed by atoms with van der Waals surface area (Å²) >= 11 is 0. The number of hydrogen-bond acceptors (Lipinski definition) is 3. The Morgan fingerprint density at radius 1 is 1.44 bits per heavy atom. The zero-order valence-corrected chi connectivity index (χ0v) is 10.9. The molecule has 1 aromatic heterocycles. The number of aryl methyl sites for hydroxylation is 1. The maximum absolute atomic E-state index is 11.8. The number of nitrogens with zero attached hydrogens (tertiary/aromatic N) is 2. The highest BCUT2D eigenvalue weighted by Gasteiger charge is 2.25. The number of amides is 1. The molecule has 0 bridgehead atoms. The molecule has 0 fully saturated rings. The molecule has 0 spiro atoms. The van der Waals surface area contributed by atoms with E-state index in [4.69, 9.17) is 5.11 Å². The molecule has 6 heteroatoms. The first-order valence-electron chi connectivity index (χ1n) is 5.86. The quantitative estimate of drug-likeness (QED) is 0.808. The van der Waals surface area contributed by atoms with E-state index < -0.39 is 11.4 Å². The predicted octanol–water partition coefficient (Wildman–Crippen LogP) is 1.73. The first kappa shape index (κ1) is 14.2. The second-order valence-electron chi connectivity index (χ2n) is 5.04. The van der Waals surface area contributed by atoms with E-state index in [-0.39, 0.29) is 18.7 Å². The summed E-state index contributed by atoms with van der Waals surface area (Å²) in [6.45, 7) is 6.21. The third-order valence-corrected chi connectivity index (χ3v) is 2.51. The number of aromatic nitrogens is 2. The highest BCUT2D eigenvalue weighted by Crippen LogP contribution is 2.25. The van der Waals surface area contributed by atoms with Crippen LogP contribution in [0.15, 0.2) is 12.4 Å². The fourth-order valence-corrected chi connectivity index (χ4v) is 1.71. The van der Waals surface area contributed by atoms with Crippen LogP contribution in [0.2, 0.25) is 0 Å². The second-order valence-corrected chi connectivity index (χ2v) is 5.04. The van der Waals surface area contributed by atoms with Gasteiger partial charge in [0.2, 0.25) is 5.91 Å². The lowest BCUT2D eigenvalue weighted by Crippen LogP contribution is -2.24. The second kappa shape index (κ2) is 5.66. The normalized spacial score (nSPS) is 11.3. The summed E-state index contributed by atoms with van der Waals surface area (Å²) < 4.78 is 1.71. The van der Waals surface area contributed by atoms with Gasteiger partial charge in [-0.25, -0.2) is 0 Å². The van der Waals surface area contributed by atoms with Crippen molar-refractivity contribution >= 4 is 17.6 Å². The summed E-state index contributed by atoms with van der Waals surface area (Å²) in [6, 6.07) is 0. The summed E-state index contributed by atoms with van der Waals surface area (Å²) in [4.78, 5) is 22.4. The van der Waals surface area contributed by atoms with Gasteiger partial charge in [0.15, 0.2) is 0 Å². The van der Waals surface area contributed by atoms with Gasteiger partial charge in [-0.1, -0.05) is 13.8 Å². The van der Waals surface area contributed by atoms with Crippen LogP contribution in [0.25, 0.3) is 0 Å². The molecule has 0 unspecified atom stereocenters. The average molecular weight is 253 g/mol. The predicted molar refractivity (Wildman–Crippen MR) is 67.2 cm³/mol. The molecule has 18 heavy (non-hydrogen) atoms. The smallest absolute Gasteiger partial charge is 0.303 e. The van der Waals surface area contributed by atoms with Crippen molar-refractivity contribution in [2.24, 2.45) is 5.41 Å². The maximum Gasteiger partial charge on any atom is 0.303 e. The molecule has 100 valence electrons. The Bertz CT molecular complexity index is 438. The van der Waals surface area contributed by atoms with Gasteiger partial charge in [0.25, 0.3) is 0 Å². The van der Waals surface area contributed by atoms with Crippen molar-refractivity contribution in [3.05, 3.63) is 12.4 Å². The van der Waals surface area contributed by atoms with Crippen LogP contribution in [0.1, 0.15) is 33.6 Å². The van der Waals surface area contributed by atoms with E-state index in [1.54, 1.807) is 30.9 Å². The number of carboxylic acids is 1. The summed E-state index contributed by atoms with van der Waals surface area (Å²) in [6.07, 6.45) is 3.44. The molecule has 1 rings (SSSR count). The van der Waals surface area contributed by atoms with Gasteiger partial charge in [0, 0.05) is 19.2 Å². The fraction of sp³-hybridized carbons (Fsp3) is 0.583. The van der Waals surface area contributed by atoms with Crippen molar-refractivity contribution in [1.82, 2.24) is 9.78 Å². The van der Waals surface area contributed by atoms with Crippen LogP contribution in [0.4, 0.5) is 5.69 Å². The molecular weight excluding hydrogens is 234 g/mol. The van der Waals surface area contributed by atoms with Gasteiger partial charge in [0.1, 0.15) is 0 Å². The zero-order chi connectivity index (χ0) is 13.8. The Labute approximate surface area is 106 Å². The Morgan fingerprint density at radius 2 is 2.11 bits per heavy atom. The fourth-order valence-electron chi connectivity index (χ4n) is 1.71. The third-order valence-electron chi connectivity index (χ3n) is 2.51. The Morgan fingerprint density at radius 3 is 2.61 bits per heavy atom. The van der Waals surface area contributed by atoms with Crippen LogP contribution in [0.5, 0.6) is 0 Å². The van der Waals surface area contributed by atoms with Crippen LogP contribution in [-0.2, 0) is 16.1 Å². The summed E-state index contributed by atoms with van der Waals surface area (Å²) in [5.41, 5.74) is 0.0735. The first-order valence-corrected chi connectivity index (χ1v) is 5.86. The van der Waals surface area contributed by atoms with Crippen molar-refractivity contribution in [2.75, 3.05) is 5.32 Å². The SMILES string of the molecule is CCn1cc(NC(=O)CC(C)(C)CC(=O)O)cn1. The van der Waals surface area contributed by atoms with Gasteiger partial charge < -0.3 is 10.4 Å². The Balaban J connectivity index is 2.53. The molecule has 0 saturated carbocycles. The molecule has 6 nitrogen and oxygen atoms in total. The molecule has 0 aliphatic rings. The molecule has 1 heterocycles. The van der Waals surface area contributed by atoms with E-state index in [1.807, 2.05) is 6.92 Å². The van der Waals surface area contributed by atoms with E-state index in [1.165, 1.54) is 0 Å². The van der Waals surface area contributed by atoms with Crippen molar-refractivity contribution < 1.29 is 14.7 Å². The Hall–Kier alpha value is -1.85. The average Bonchev–Trinajstić information content (AvgIpc) is 2.61. The summed E-state index contributed by atoms with van der Waals surface area (Å²) in [7, 11) is 0. The molecule has 0 saturated heterocycles. The van der Waals surface area contributed by atoms with Crippen molar-refractivity contribution in [3.63, 3.8) is 0 Å². The number of carbonyl (C=O) groups is 2. The zero-order valence-electron chi connectivity index (χ0n) is 10.9. The molecule has 2 N–H and O–H groups in total. The lowest BCUT2D eigenvalue weighted by Gasteiger charge is -2.21. The van der Waals surface area contributed by atoms with Gasteiger partial charge in [-0.15, -0.1) is 0 Å². The van der Waals surface area contributed by atoms with E-state index in [0.29, 0.717) is 5.69 Å². The van der Waals surface area contributed by atoms with Gasteiger partial charge >= 0.3 is 5.97 Å². The number of nitrogens with one attached hydrogen (secondary N) is 1. The minimum absolute atomic E-state index is 0.0331. The highest BCUT2D eigenvalue weighted by atomic mass is 16.4. The third kappa shape index (κ3) is 4.57. The molecule has 0 radical (unpaired) electrons. The van der Waals surface area contributed by atoms with E-state index in [0.717, 1.165) is 6.54 Å². The van der Waals surface area contributed by atoms with Crippen LogP contribution >= 0.6 is 0 Å². The van der Waals surface area contributed by atoms with Crippen LogP contribution in [0, 0.1) is 5.41 Å². The molecule has 1 amide bonds. The number of carbonyl (C=O) groups excluding carboxylic acids is 1. The van der Waals surface area contributed by atoms with Gasteiger partial charge in [-0.2, -0.15) is 5.10 Å². The number of anilines is 1. The first-order chi connectivity index (χ1) is 8.32. The van der Waals surface area contributed by atoms with Crippen LogP contribution < -0.4 is 5.32 Å². The molecule has 0 aliphatic heterocycles. The molecule has 0 aromatic carbocycles. The minimum Gasteiger partial charge on any atom is -0.481 e. The van der Waals surface area contributed by atoms with Crippen LogP contribution in [-0.4, -0.2) is 26.8 Å². The molecule has 0 aliphatic carbocycles. The number of hydrogen-bond donors (Lipinski definition) is 2. The van der Waals surface area contributed by atoms with Crippen molar-refractivity contribution in [1.29, 1.82) is 0 Å². The molecule has 1 aromatic rings. The van der Waals surface area contributed by atoms with Crippen molar-refractivity contribution in [3.8, 4) is 0 Å². The molecule has 0 atom stereocenters. The van der Waals surface area contributed by atoms with Crippen molar-refractivity contribution in [2.45, 2.75) is 40.2 Å². The highest BCUT2D eigenvalue weighted by molar-refractivity contribution is 5.91. The standard InChI is InChI=1S/C12H19N3O3/c1-4-15-8-9(7-13-15)14-10(16)5-12(2,3)6-11(17)18/h7-8H,4-6H2,1-3H3,(H,14,16)(H,17,18). The Kier molecular flexibility index (Phi) is 4.47. The van der Waals surface area contributed by atoms with Gasteiger partial charge in [-0.3, -0.25) is 14.3 Å². The lowest BCUT2D eigenvalue weighted by atomic mass is 9.85. The van der Waals surface area contributed by atoms with E-state index >= 15 is 0 Å². The number of carboxylic acid groups (broad SMARTS) is 1. The molecular formula is C12H19N3O3. The topological polar surface area (TPSA) is 84.2 Å². The lowest BCUT2D eigenvalue weighted by molar-refractivity contribution is -0.139. The van der Waals surface area contributed by atoms with E-state index in [2.05, 4.69) is 10.4 Å². The van der Waals surface area contributed by atoms with Crippen LogP contribution in [0.3, 0.4) is 0 Å². The summed E-state index contributed by atoms with van der Waals surface area (Å²) in [5.74, 6) is -1.09. The largest absolute Gasteiger partial charge is 0.481 e. The summed E-state index contributed by atoms with van der Waals surface area (Å²) in [5, 5.41) is 15.5. The van der Waals surface area contributed by atoms with Gasteiger partial charge in [0.05, 0.1) is 18.3 Å². The van der Waals surface area contributed by atoms with E-state index in [9.17, 15) is 9.59 Å². The minimum atomic E-state index is -0.897. The monoisotopic (exact) mass is 253 g/mol. The van der Waals surface area contributed by atoms with Gasteiger partial charge in [-0.05, 0) is 12.3 Å². The number of rotatable bonds is 6.